The third-order valence-electron chi connectivity index (χ3n) is 6.42. The Morgan fingerprint density at radius 1 is 1.18 bits per heavy atom. The average Bonchev–Trinajstić information content (AvgIpc) is 3.62. The molecule has 5 nitrogen and oxygen atoms in total. The van der Waals surface area contributed by atoms with E-state index < -0.39 is 0 Å². The van der Waals surface area contributed by atoms with Crippen molar-refractivity contribution < 1.29 is 4.79 Å². The molecule has 0 bridgehead atoms. The van der Waals surface area contributed by atoms with Crippen molar-refractivity contribution in [3.8, 4) is 0 Å². The molecule has 0 spiro atoms. The molecule has 0 saturated heterocycles. The minimum atomic E-state index is 0.140. The van der Waals surface area contributed by atoms with Crippen LogP contribution in [0.25, 0.3) is 0 Å². The summed E-state index contributed by atoms with van der Waals surface area (Å²) >= 11 is 3.59. The van der Waals surface area contributed by atoms with E-state index in [2.05, 4.69) is 61.1 Å². The van der Waals surface area contributed by atoms with E-state index in [-0.39, 0.29) is 17.2 Å². The van der Waals surface area contributed by atoms with Crippen LogP contribution in [-0.2, 0) is 10.2 Å². The van der Waals surface area contributed by atoms with Crippen LogP contribution < -0.4 is 16.0 Å². The normalized spacial score (nSPS) is 26.4. The van der Waals surface area contributed by atoms with Gasteiger partial charge in [0.2, 0.25) is 5.91 Å². The highest BCUT2D eigenvalue weighted by Gasteiger charge is 2.44. The highest BCUT2D eigenvalue weighted by Crippen LogP contribution is 2.48. The third kappa shape index (κ3) is 4.88. The molecule has 3 aliphatic rings. The maximum Gasteiger partial charge on any atom is 0.223 e. The van der Waals surface area contributed by atoms with Crippen LogP contribution in [0, 0.1) is 5.92 Å². The highest BCUT2D eigenvalue weighted by molar-refractivity contribution is 9.10. The third-order valence-corrected chi connectivity index (χ3v) is 6.91. The summed E-state index contributed by atoms with van der Waals surface area (Å²) in [6, 6.07) is 9.40. The van der Waals surface area contributed by atoms with E-state index in [9.17, 15) is 4.79 Å². The fraction of sp³-hybridized carbons (Fsp3) is 0.636. The van der Waals surface area contributed by atoms with Gasteiger partial charge in [0.1, 0.15) is 0 Å². The minimum Gasteiger partial charge on any atom is -0.356 e. The Morgan fingerprint density at radius 2 is 2.00 bits per heavy atom. The summed E-state index contributed by atoms with van der Waals surface area (Å²) in [7, 11) is 1.83. The van der Waals surface area contributed by atoms with E-state index in [1.807, 2.05) is 7.05 Å². The highest BCUT2D eigenvalue weighted by atomic mass is 79.9. The number of amides is 1. The van der Waals surface area contributed by atoms with Crippen LogP contribution in [0.2, 0.25) is 0 Å². The Morgan fingerprint density at radius 3 is 2.68 bits per heavy atom. The molecule has 4 rings (SSSR count). The number of rotatable bonds is 6. The molecule has 3 N–H and O–H groups in total. The number of nitrogens with zero attached hydrogens (tertiary/aromatic N) is 1. The second kappa shape index (κ2) is 8.44. The van der Waals surface area contributed by atoms with Crippen LogP contribution in [0.4, 0.5) is 0 Å². The molecule has 1 aromatic carbocycles. The van der Waals surface area contributed by atoms with Crippen molar-refractivity contribution in [2.75, 3.05) is 13.6 Å². The number of aliphatic imine (C=N–C) groups is 1. The second-order valence-corrected chi connectivity index (χ2v) is 9.62. The van der Waals surface area contributed by atoms with E-state index in [1.165, 1.54) is 18.4 Å². The van der Waals surface area contributed by atoms with E-state index in [0.29, 0.717) is 12.1 Å². The maximum absolute atomic E-state index is 12.4. The number of nitrogens with one attached hydrogen (secondary N) is 3. The number of hydrogen-bond donors (Lipinski definition) is 3. The summed E-state index contributed by atoms with van der Waals surface area (Å²) in [5.41, 5.74) is 1.61. The average molecular weight is 447 g/mol. The van der Waals surface area contributed by atoms with Crippen LogP contribution in [0.1, 0.15) is 56.9 Å². The summed E-state index contributed by atoms with van der Waals surface area (Å²) in [4.78, 5) is 16.8. The molecule has 0 aromatic heterocycles. The van der Waals surface area contributed by atoms with E-state index in [4.69, 9.17) is 0 Å². The van der Waals surface area contributed by atoms with Crippen LogP contribution in [0.3, 0.4) is 0 Å². The molecule has 28 heavy (non-hydrogen) atoms. The van der Waals surface area contributed by atoms with Gasteiger partial charge < -0.3 is 16.0 Å². The molecule has 3 saturated carbocycles. The lowest BCUT2D eigenvalue weighted by Crippen LogP contribution is -2.48. The molecule has 3 aliphatic carbocycles. The zero-order chi connectivity index (χ0) is 19.6. The molecule has 0 heterocycles. The molecule has 2 atom stereocenters. The van der Waals surface area contributed by atoms with Gasteiger partial charge in [-0.25, -0.2) is 0 Å². The molecule has 152 valence electrons. The van der Waals surface area contributed by atoms with Crippen LogP contribution in [-0.4, -0.2) is 37.5 Å². The van der Waals surface area contributed by atoms with Gasteiger partial charge in [0.05, 0.1) is 0 Å². The molecule has 0 radical (unpaired) electrons. The summed E-state index contributed by atoms with van der Waals surface area (Å²) < 4.78 is 1.14. The Bertz CT molecular complexity index is 742. The molecule has 0 aliphatic heterocycles. The number of benzene rings is 1. The monoisotopic (exact) mass is 446 g/mol. The first-order chi connectivity index (χ1) is 13.6. The lowest BCUT2D eigenvalue weighted by atomic mass is 9.85. The van der Waals surface area contributed by atoms with Gasteiger partial charge in [-0.3, -0.25) is 9.79 Å². The number of carbonyl (C=O) groups is 1. The fourth-order valence-electron chi connectivity index (χ4n) is 4.28. The van der Waals surface area contributed by atoms with E-state index >= 15 is 0 Å². The van der Waals surface area contributed by atoms with Gasteiger partial charge in [-0.15, -0.1) is 0 Å². The molecule has 1 aromatic rings. The maximum atomic E-state index is 12.4. The Balaban J connectivity index is 1.29. The van der Waals surface area contributed by atoms with Gasteiger partial charge in [0.25, 0.3) is 0 Å². The van der Waals surface area contributed by atoms with Crippen molar-refractivity contribution in [2.24, 2.45) is 10.9 Å². The molecular formula is C22H31BrN4O. The van der Waals surface area contributed by atoms with Crippen molar-refractivity contribution in [3.63, 3.8) is 0 Å². The standard InChI is InChI=1S/C22H31BrN4O/c1-24-21(25-14-22(10-11-22)16-5-3-6-17(23)13-16)27-19-7-2-4-15(12-19)20(28)26-18-8-9-18/h3,5-6,13,15,18-19H,2,4,7-12,14H2,1H3,(H,26,28)(H2,24,25,27). The number of halogens is 1. The van der Waals surface area contributed by atoms with Crippen molar-refractivity contribution in [2.45, 2.75) is 68.9 Å². The number of carbonyl (C=O) groups excluding carboxylic acids is 1. The summed E-state index contributed by atoms with van der Waals surface area (Å²) in [6.45, 7) is 0.890. The van der Waals surface area contributed by atoms with Crippen LogP contribution in [0.15, 0.2) is 33.7 Å². The Kier molecular flexibility index (Phi) is 5.95. The minimum absolute atomic E-state index is 0.140. The van der Waals surface area contributed by atoms with Crippen molar-refractivity contribution >= 4 is 27.8 Å². The summed E-state index contributed by atoms with van der Waals surface area (Å²) in [5.74, 6) is 1.25. The Labute approximate surface area is 176 Å². The molecule has 2 unspecified atom stereocenters. The number of hydrogen-bond acceptors (Lipinski definition) is 2. The molecule has 3 fully saturated rings. The number of guanidine groups is 1. The topological polar surface area (TPSA) is 65.5 Å². The van der Waals surface area contributed by atoms with Crippen LogP contribution in [0.5, 0.6) is 0 Å². The van der Waals surface area contributed by atoms with Gasteiger partial charge in [0.15, 0.2) is 5.96 Å². The van der Waals surface area contributed by atoms with E-state index in [1.54, 1.807) is 0 Å². The summed E-state index contributed by atoms with van der Waals surface area (Å²) in [5, 5.41) is 10.3. The fourth-order valence-corrected chi connectivity index (χ4v) is 4.68. The van der Waals surface area contributed by atoms with Crippen LogP contribution >= 0.6 is 15.9 Å². The van der Waals surface area contributed by atoms with E-state index in [0.717, 1.165) is 55.5 Å². The second-order valence-electron chi connectivity index (χ2n) is 8.70. The first kappa shape index (κ1) is 19.7. The lowest BCUT2D eigenvalue weighted by molar-refractivity contribution is -0.126. The predicted molar refractivity (Wildman–Crippen MR) is 116 cm³/mol. The SMILES string of the molecule is CN=C(NCC1(c2cccc(Br)c2)CC1)NC1CCCC(C(=O)NC2CC2)C1. The van der Waals surface area contributed by atoms with Gasteiger partial charge >= 0.3 is 0 Å². The van der Waals surface area contributed by atoms with Crippen molar-refractivity contribution in [1.82, 2.24) is 16.0 Å². The van der Waals surface area contributed by atoms with Crippen molar-refractivity contribution in [3.05, 3.63) is 34.3 Å². The largest absolute Gasteiger partial charge is 0.356 e. The van der Waals surface area contributed by atoms with Gasteiger partial charge in [-0.2, -0.15) is 0 Å². The molecule has 6 heteroatoms. The zero-order valence-corrected chi connectivity index (χ0v) is 18.2. The zero-order valence-electron chi connectivity index (χ0n) is 16.6. The van der Waals surface area contributed by atoms with Gasteiger partial charge in [0, 0.05) is 41.5 Å². The van der Waals surface area contributed by atoms with Gasteiger partial charge in [-0.1, -0.05) is 34.5 Å². The molecular weight excluding hydrogens is 416 g/mol. The lowest BCUT2D eigenvalue weighted by Gasteiger charge is -2.30. The first-order valence-electron chi connectivity index (χ1n) is 10.6. The van der Waals surface area contributed by atoms with Gasteiger partial charge in [-0.05, 0) is 62.6 Å². The van der Waals surface area contributed by atoms with Crippen molar-refractivity contribution in [1.29, 1.82) is 0 Å². The smallest absolute Gasteiger partial charge is 0.223 e. The first-order valence-corrected chi connectivity index (χ1v) is 11.4. The Hall–Kier alpha value is -1.56. The predicted octanol–water partition coefficient (Wildman–Crippen LogP) is 3.48. The quantitative estimate of drug-likeness (QED) is 0.462. The summed E-state index contributed by atoms with van der Waals surface area (Å²) in [6.07, 6.45) is 8.82. The molecule has 1 amide bonds.